The van der Waals surface area contributed by atoms with E-state index in [2.05, 4.69) is 5.32 Å². The van der Waals surface area contributed by atoms with Gasteiger partial charge >= 0.3 is 6.18 Å². The van der Waals surface area contributed by atoms with Gasteiger partial charge in [0.05, 0.1) is 25.7 Å². The molecule has 0 aliphatic rings. The number of hydrogen-bond acceptors (Lipinski definition) is 4. The molecule has 0 radical (unpaired) electrons. The molecule has 1 amide bonds. The number of aliphatic hydroxyl groups is 1. The molecule has 0 heterocycles. The van der Waals surface area contributed by atoms with E-state index >= 15 is 0 Å². The summed E-state index contributed by atoms with van der Waals surface area (Å²) in [6.07, 6.45) is -3.94. The molecule has 5 nitrogen and oxygen atoms in total. The number of hydrogen-bond donors (Lipinski definition) is 3. The smallest absolute Gasteiger partial charge is 0.394 e. The van der Waals surface area contributed by atoms with Crippen molar-refractivity contribution < 1.29 is 27.8 Å². The van der Waals surface area contributed by atoms with Crippen LogP contribution in [0, 0.1) is 0 Å². The van der Waals surface area contributed by atoms with E-state index in [9.17, 15) is 18.0 Å². The second kappa shape index (κ2) is 8.26. The summed E-state index contributed by atoms with van der Waals surface area (Å²) in [6.45, 7) is -1.60. The van der Waals surface area contributed by atoms with Gasteiger partial charge in [-0.2, -0.15) is 13.2 Å². The van der Waals surface area contributed by atoms with Crippen LogP contribution in [0.1, 0.15) is 6.42 Å². The fourth-order valence-corrected chi connectivity index (χ4v) is 1.07. The summed E-state index contributed by atoms with van der Waals surface area (Å²) < 4.78 is 40.0. The highest BCUT2D eigenvalue weighted by Gasteiger charge is 2.26. The summed E-state index contributed by atoms with van der Waals surface area (Å²) >= 11 is 0. The average Bonchev–Trinajstić information content (AvgIpc) is 2.22. The van der Waals surface area contributed by atoms with Gasteiger partial charge in [-0.1, -0.05) is 0 Å². The molecule has 0 saturated carbocycles. The van der Waals surface area contributed by atoms with Crippen LogP contribution in [-0.4, -0.2) is 56.6 Å². The van der Waals surface area contributed by atoms with Crippen LogP contribution in [0.5, 0.6) is 0 Å². The molecule has 0 rings (SSSR count). The van der Waals surface area contributed by atoms with Gasteiger partial charge in [0.25, 0.3) is 0 Å². The van der Waals surface area contributed by atoms with Crippen LogP contribution in [0.15, 0.2) is 0 Å². The van der Waals surface area contributed by atoms with Gasteiger partial charge in [-0.3, -0.25) is 4.79 Å². The maximum absolute atomic E-state index is 11.8. The second-order valence-electron chi connectivity index (χ2n) is 3.45. The van der Waals surface area contributed by atoms with E-state index < -0.39 is 31.2 Å². The number of alkyl halides is 3. The third-order valence-electron chi connectivity index (χ3n) is 1.87. The largest absolute Gasteiger partial charge is 0.401 e. The highest BCUT2D eigenvalue weighted by atomic mass is 19.4. The van der Waals surface area contributed by atoms with Gasteiger partial charge in [0.15, 0.2) is 0 Å². The molecule has 102 valence electrons. The van der Waals surface area contributed by atoms with Crippen LogP contribution in [0.3, 0.4) is 0 Å². The molecule has 0 aliphatic carbocycles. The number of halogens is 3. The summed E-state index contributed by atoms with van der Waals surface area (Å²) in [5.41, 5.74) is 0. The number of carbonyl (C=O) groups is 1. The Morgan fingerprint density at radius 1 is 1.47 bits per heavy atom. The lowest BCUT2D eigenvalue weighted by atomic mass is 10.2. The normalized spacial score (nSPS) is 13.5. The van der Waals surface area contributed by atoms with Crippen molar-refractivity contribution in [1.29, 1.82) is 0 Å². The maximum Gasteiger partial charge on any atom is 0.401 e. The van der Waals surface area contributed by atoms with Gasteiger partial charge in [0.2, 0.25) is 5.91 Å². The highest BCUT2D eigenvalue weighted by Crippen LogP contribution is 2.11. The van der Waals surface area contributed by atoms with Crippen molar-refractivity contribution in [2.24, 2.45) is 0 Å². The maximum atomic E-state index is 11.8. The molecule has 3 N–H and O–H groups in total. The van der Waals surface area contributed by atoms with Gasteiger partial charge in [0, 0.05) is 13.7 Å². The predicted octanol–water partition coefficient (Wildman–Crippen LogP) is -0.348. The molecule has 1 unspecified atom stereocenters. The monoisotopic (exact) mass is 258 g/mol. The Morgan fingerprint density at radius 3 is 2.59 bits per heavy atom. The molecule has 0 aromatic rings. The quantitative estimate of drug-likeness (QED) is 0.556. The van der Waals surface area contributed by atoms with Crippen molar-refractivity contribution in [3.05, 3.63) is 0 Å². The zero-order valence-corrected chi connectivity index (χ0v) is 9.51. The molecule has 0 fully saturated rings. The first-order valence-electron chi connectivity index (χ1n) is 5.05. The van der Waals surface area contributed by atoms with Gasteiger partial charge in [0.1, 0.15) is 0 Å². The Morgan fingerprint density at radius 2 is 2.12 bits per heavy atom. The van der Waals surface area contributed by atoms with Crippen molar-refractivity contribution in [3.8, 4) is 0 Å². The Labute approximate surface area is 97.3 Å². The molecule has 0 saturated heterocycles. The molecule has 0 aromatic heterocycles. The lowest BCUT2D eigenvalue weighted by molar-refractivity contribution is -0.128. The van der Waals surface area contributed by atoms with E-state index in [4.69, 9.17) is 9.84 Å². The number of carbonyl (C=O) groups excluding carboxylic acids is 1. The van der Waals surface area contributed by atoms with Gasteiger partial charge < -0.3 is 20.5 Å². The first-order valence-corrected chi connectivity index (χ1v) is 5.05. The van der Waals surface area contributed by atoms with Crippen molar-refractivity contribution in [2.75, 3.05) is 33.4 Å². The van der Waals surface area contributed by atoms with Gasteiger partial charge in [-0.05, 0) is 6.42 Å². The van der Waals surface area contributed by atoms with Crippen LogP contribution < -0.4 is 10.6 Å². The fourth-order valence-electron chi connectivity index (χ4n) is 1.07. The molecular weight excluding hydrogens is 241 g/mol. The van der Waals surface area contributed by atoms with Gasteiger partial charge in [-0.15, -0.1) is 0 Å². The molecule has 8 heteroatoms. The minimum atomic E-state index is -4.34. The highest BCUT2D eigenvalue weighted by molar-refractivity contribution is 5.78. The van der Waals surface area contributed by atoms with E-state index in [1.165, 1.54) is 7.11 Å². The van der Waals surface area contributed by atoms with Crippen molar-refractivity contribution in [2.45, 2.75) is 18.6 Å². The minimum absolute atomic E-state index is 0.283. The van der Waals surface area contributed by atoms with Crippen molar-refractivity contribution in [3.63, 3.8) is 0 Å². The molecular formula is C9H17F3N2O3. The lowest BCUT2D eigenvalue weighted by Gasteiger charge is -2.16. The van der Waals surface area contributed by atoms with E-state index in [1.54, 1.807) is 0 Å². The number of amides is 1. The Bertz CT molecular complexity index is 224. The van der Waals surface area contributed by atoms with Crippen LogP contribution in [-0.2, 0) is 9.53 Å². The van der Waals surface area contributed by atoms with E-state index in [0.29, 0.717) is 13.0 Å². The topological polar surface area (TPSA) is 70.6 Å². The van der Waals surface area contributed by atoms with E-state index in [-0.39, 0.29) is 6.61 Å². The fraction of sp³-hybridized carbons (Fsp3) is 0.889. The Balaban J connectivity index is 3.75. The third kappa shape index (κ3) is 10.0. The average molecular weight is 258 g/mol. The predicted molar refractivity (Wildman–Crippen MR) is 54.4 cm³/mol. The van der Waals surface area contributed by atoms with Crippen molar-refractivity contribution >= 4 is 5.91 Å². The summed E-state index contributed by atoms with van der Waals surface area (Å²) in [5.74, 6) is -0.593. The number of nitrogens with one attached hydrogen (secondary N) is 2. The summed E-state index contributed by atoms with van der Waals surface area (Å²) in [6, 6.07) is -0.505. The third-order valence-corrected chi connectivity index (χ3v) is 1.87. The number of ether oxygens (including phenoxy) is 1. The summed E-state index contributed by atoms with van der Waals surface area (Å²) in [4.78, 5) is 11.2. The first-order chi connectivity index (χ1) is 7.89. The zero-order chi connectivity index (χ0) is 13.3. The van der Waals surface area contributed by atoms with Crippen LogP contribution in [0.25, 0.3) is 0 Å². The van der Waals surface area contributed by atoms with Crippen molar-refractivity contribution in [1.82, 2.24) is 10.6 Å². The number of aliphatic hydroxyl groups excluding tert-OH is 1. The van der Waals surface area contributed by atoms with Crippen LogP contribution in [0.4, 0.5) is 13.2 Å². The molecule has 1 atom stereocenters. The molecule has 0 aromatic carbocycles. The van der Waals surface area contributed by atoms with Gasteiger partial charge in [-0.25, -0.2) is 0 Å². The van der Waals surface area contributed by atoms with Crippen LogP contribution >= 0.6 is 0 Å². The number of methoxy groups -OCH3 is 1. The summed E-state index contributed by atoms with van der Waals surface area (Å²) in [7, 11) is 1.47. The lowest BCUT2D eigenvalue weighted by Crippen LogP contribution is -2.44. The molecule has 17 heavy (non-hydrogen) atoms. The second-order valence-corrected chi connectivity index (χ2v) is 3.45. The molecule has 0 aliphatic heterocycles. The minimum Gasteiger partial charge on any atom is -0.394 e. The van der Waals surface area contributed by atoms with E-state index in [1.807, 2.05) is 5.32 Å². The van der Waals surface area contributed by atoms with E-state index in [0.717, 1.165) is 0 Å². The standard InChI is InChI=1S/C9H17F3N2O3/c1-17-3-2-7(5-15)14-8(16)4-13-6-9(10,11)12/h7,13,15H,2-6H2,1H3,(H,14,16). The Kier molecular flexibility index (Phi) is 7.85. The Hall–Kier alpha value is -0.860. The molecule has 0 bridgehead atoms. The molecule has 0 spiro atoms. The van der Waals surface area contributed by atoms with Crippen LogP contribution in [0.2, 0.25) is 0 Å². The zero-order valence-electron chi connectivity index (χ0n) is 9.51. The first kappa shape index (κ1) is 16.1. The number of rotatable bonds is 8. The SMILES string of the molecule is COCCC(CO)NC(=O)CNCC(F)(F)F. The summed E-state index contributed by atoms with van der Waals surface area (Å²) in [5, 5.41) is 13.2.